The van der Waals surface area contributed by atoms with Crippen molar-refractivity contribution in [1.29, 1.82) is 0 Å². The molecule has 0 radical (unpaired) electrons. The highest BCUT2D eigenvalue weighted by molar-refractivity contribution is 8.00. The van der Waals surface area contributed by atoms with E-state index < -0.39 is 9.84 Å². The number of aliphatic hydroxyl groups excluding tert-OH is 1. The fraction of sp³-hybridized carbons (Fsp3) is 1.00. The summed E-state index contributed by atoms with van der Waals surface area (Å²) in [5.41, 5.74) is 0. The Hall–Kier alpha value is 0.220. The van der Waals surface area contributed by atoms with Crippen LogP contribution < -0.4 is 5.32 Å². The maximum Gasteiger partial charge on any atom is 0.148 e. The number of aliphatic hydroxyl groups is 1. The minimum Gasteiger partial charge on any atom is -0.395 e. The molecule has 0 fully saturated rings. The molecular weight excluding hydrogens is 234 g/mol. The minimum atomic E-state index is -2.83. The fourth-order valence-electron chi connectivity index (χ4n) is 1.08. The van der Waals surface area contributed by atoms with Crippen LogP contribution in [0.1, 0.15) is 13.3 Å². The smallest absolute Gasteiger partial charge is 0.148 e. The van der Waals surface area contributed by atoms with Gasteiger partial charge >= 0.3 is 0 Å². The molecule has 0 aliphatic rings. The van der Waals surface area contributed by atoms with Crippen molar-refractivity contribution in [1.82, 2.24) is 5.32 Å². The first-order valence-corrected chi connectivity index (χ1v) is 8.30. The summed E-state index contributed by atoms with van der Waals surface area (Å²) in [5, 5.41) is 12.1. The topological polar surface area (TPSA) is 66.4 Å². The van der Waals surface area contributed by atoms with Crippen LogP contribution in [0.15, 0.2) is 0 Å². The number of hydrogen-bond acceptors (Lipinski definition) is 5. The summed E-state index contributed by atoms with van der Waals surface area (Å²) in [6.45, 7) is 2.99. The van der Waals surface area contributed by atoms with Crippen LogP contribution in [0.2, 0.25) is 0 Å². The van der Waals surface area contributed by atoms with E-state index in [9.17, 15) is 8.42 Å². The standard InChI is InChI=1S/C9H21NO3S2/c1-3-10-9(8-11)4-5-14-6-7-15(2,12)13/h9-11H,3-8H2,1-2H3. The van der Waals surface area contributed by atoms with E-state index in [4.69, 9.17) is 5.11 Å². The highest BCUT2D eigenvalue weighted by Gasteiger charge is 2.06. The van der Waals surface area contributed by atoms with E-state index in [0.29, 0.717) is 5.75 Å². The Bertz CT molecular complexity index is 242. The number of hydrogen-bond donors (Lipinski definition) is 2. The lowest BCUT2D eigenvalue weighted by molar-refractivity contribution is 0.242. The van der Waals surface area contributed by atoms with Crippen LogP contribution in [0.25, 0.3) is 0 Å². The zero-order valence-corrected chi connectivity index (χ0v) is 11.0. The lowest BCUT2D eigenvalue weighted by atomic mass is 10.2. The highest BCUT2D eigenvalue weighted by atomic mass is 32.2. The van der Waals surface area contributed by atoms with Gasteiger partial charge in [0.05, 0.1) is 12.4 Å². The zero-order chi connectivity index (χ0) is 11.7. The van der Waals surface area contributed by atoms with Gasteiger partial charge < -0.3 is 10.4 Å². The SMILES string of the molecule is CCNC(CO)CCSCCS(C)(=O)=O. The molecular formula is C9H21NO3S2. The van der Waals surface area contributed by atoms with Crippen molar-refractivity contribution in [2.75, 3.05) is 36.7 Å². The zero-order valence-electron chi connectivity index (χ0n) is 9.40. The van der Waals surface area contributed by atoms with Crippen molar-refractivity contribution < 1.29 is 13.5 Å². The molecule has 2 N–H and O–H groups in total. The number of likely N-dealkylation sites (N-methyl/N-ethyl adjacent to an activating group) is 1. The molecule has 0 aromatic heterocycles. The Morgan fingerprint density at radius 1 is 1.40 bits per heavy atom. The van der Waals surface area contributed by atoms with Gasteiger partial charge in [0.15, 0.2) is 0 Å². The summed E-state index contributed by atoms with van der Waals surface area (Å²) in [7, 11) is -2.83. The first-order valence-electron chi connectivity index (χ1n) is 5.09. The summed E-state index contributed by atoms with van der Waals surface area (Å²) in [6, 6.07) is 0.140. The Balaban J connectivity index is 3.44. The van der Waals surface area contributed by atoms with Crippen molar-refractivity contribution >= 4 is 21.6 Å². The second-order valence-electron chi connectivity index (χ2n) is 3.47. The molecule has 0 saturated heterocycles. The van der Waals surface area contributed by atoms with E-state index in [1.54, 1.807) is 11.8 Å². The van der Waals surface area contributed by atoms with E-state index >= 15 is 0 Å². The first kappa shape index (κ1) is 15.2. The molecule has 0 aliphatic carbocycles. The molecule has 6 heteroatoms. The van der Waals surface area contributed by atoms with Crippen LogP contribution in [0.4, 0.5) is 0 Å². The third-order valence-corrected chi connectivity index (χ3v) is 4.14. The largest absolute Gasteiger partial charge is 0.395 e. The van der Waals surface area contributed by atoms with Crippen LogP contribution in [0.3, 0.4) is 0 Å². The summed E-state index contributed by atoms with van der Waals surface area (Å²) >= 11 is 1.62. The Morgan fingerprint density at radius 3 is 2.53 bits per heavy atom. The van der Waals surface area contributed by atoms with Gasteiger partial charge in [-0.3, -0.25) is 0 Å². The van der Waals surface area contributed by atoms with Crippen molar-refractivity contribution in [3.8, 4) is 0 Å². The molecule has 0 bridgehead atoms. The Labute approximate surface area is 96.8 Å². The van der Waals surface area contributed by atoms with Gasteiger partial charge in [-0.25, -0.2) is 8.42 Å². The van der Waals surface area contributed by atoms with Gasteiger partial charge in [0, 0.05) is 18.1 Å². The molecule has 0 spiro atoms. The molecule has 1 atom stereocenters. The quantitative estimate of drug-likeness (QED) is 0.573. The lowest BCUT2D eigenvalue weighted by Gasteiger charge is -2.14. The fourth-order valence-corrected chi connectivity index (χ4v) is 3.42. The van der Waals surface area contributed by atoms with Gasteiger partial charge in [-0.2, -0.15) is 11.8 Å². The summed E-state index contributed by atoms with van der Waals surface area (Å²) in [5.74, 6) is 1.76. The maximum atomic E-state index is 10.8. The van der Waals surface area contributed by atoms with Crippen LogP contribution in [-0.2, 0) is 9.84 Å². The van der Waals surface area contributed by atoms with Crippen LogP contribution in [0, 0.1) is 0 Å². The van der Waals surface area contributed by atoms with E-state index in [1.165, 1.54) is 6.26 Å². The van der Waals surface area contributed by atoms with Crippen molar-refractivity contribution in [2.24, 2.45) is 0 Å². The predicted molar refractivity (Wildman–Crippen MR) is 66.2 cm³/mol. The summed E-state index contributed by atoms with van der Waals surface area (Å²) < 4.78 is 21.6. The third-order valence-electron chi connectivity index (χ3n) is 1.92. The van der Waals surface area contributed by atoms with Gasteiger partial charge in [0.2, 0.25) is 0 Å². The predicted octanol–water partition coefficient (Wildman–Crippen LogP) is 0.125. The molecule has 0 aromatic rings. The second kappa shape index (κ2) is 8.38. The number of sulfone groups is 1. The van der Waals surface area contributed by atoms with Gasteiger partial charge in [0.1, 0.15) is 9.84 Å². The highest BCUT2D eigenvalue weighted by Crippen LogP contribution is 2.05. The Morgan fingerprint density at radius 2 is 2.07 bits per heavy atom. The first-order chi connectivity index (χ1) is 6.99. The average molecular weight is 255 g/mol. The van der Waals surface area contributed by atoms with Gasteiger partial charge in [-0.05, 0) is 18.7 Å². The number of nitrogens with one attached hydrogen (secondary N) is 1. The molecule has 0 heterocycles. The summed E-state index contributed by atoms with van der Waals surface area (Å²) in [4.78, 5) is 0. The van der Waals surface area contributed by atoms with Crippen LogP contribution >= 0.6 is 11.8 Å². The van der Waals surface area contributed by atoms with Gasteiger partial charge in [-0.1, -0.05) is 6.92 Å². The molecule has 0 amide bonds. The molecule has 15 heavy (non-hydrogen) atoms. The third kappa shape index (κ3) is 10.5. The summed E-state index contributed by atoms with van der Waals surface area (Å²) in [6.07, 6.45) is 2.13. The molecule has 92 valence electrons. The molecule has 0 saturated carbocycles. The minimum absolute atomic E-state index is 0.139. The Kier molecular flexibility index (Phi) is 8.50. The number of rotatable bonds is 9. The van der Waals surface area contributed by atoms with Gasteiger partial charge in [-0.15, -0.1) is 0 Å². The average Bonchev–Trinajstić information content (AvgIpc) is 2.14. The molecule has 1 unspecified atom stereocenters. The van der Waals surface area contributed by atoms with Crippen LogP contribution in [-0.4, -0.2) is 56.2 Å². The second-order valence-corrected chi connectivity index (χ2v) is 6.95. The van der Waals surface area contributed by atoms with E-state index in [1.807, 2.05) is 6.92 Å². The molecule has 0 aliphatic heterocycles. The van der Waals surface area contributed by atoms with Crippen LogP contribution in [0.5, 0.6) is 0 Å². The van der Waals surface area contributed by atoms with E-state index in [-0.39, 0.29) is 18.4 Å². The monoisotopic (exact) mass is 255 g/mol. The normalized spacial score (nSPS) is 14.1. The lowest BCUT2D eigenvalue weighted by Crippen LogP contribution is -2.32. The number of thioether (sulfide) groups is 1. The van der Waals surface area contributed by atoms with Crippen molar-refractivity contribution in [3.63, 3.8) is 0 Å². The van der Waals surface area contributed by atoms with E-state index in [0.717, 1.165) is 18.7 Å². The van der Waals surface area contributed by atoms with Gasteiger partial charge in [0.25, 0.3) is 0 Å². The van der Waals surface area contributed by atoms with E-state index in [2.05, 4.69) is 5.32 Å². The van der Waals surface area contributed by atoms with Crippen molar-refractivity contribution in [3.05, 3.63) is 0 Å². The molecule has 4 nitrogen and oxygen atoms in total. The van der Waals surface area contributed by atoms with Crippen molar-refractivity contribution in [2.45, 2.75) is 19.4 Å². The molecule has 0 aromatic carbocycles. The molecule has 0 rings (SSSR count). The maximum absolute atomic E-state index is 10.8.